The number of hydrogen-bond donors (Lipinski definition) is 3. The molecule has 11 heteroatoms. The highest BCUT2D eigenvalue weighted by molar-refractivity contribution is 6.34. The minimum absolute atomic E-state index is 0.0111. The summed E-state index contributed by atoms with van der Waals surface area (Å²) in [7, 11) is 0. The van der Waals surface area contributed by atoms with Crippen molar-refractivity contribution in [2.45, 2.75) is 24.7 Å². The van der Waals surface area contributed by atoms with Crippen LogP contribution >= 0.6 is 23.2 Å². The van der Waals surface area contributed by atoms with E-state index in [0.29, 0.717) is 0 Å². The number of hydrazone groups is 1. The number of aliphatic hydroxyl groups excluding tert-OH is 2. The maximum atomic E-state index is 13.2. The molecule has 0 aliphatic carbocycles. The summed E-state index contributed by atoms with van der Waals surface area (Å²) in [5, 5.41) is 36.0. The Balaban J connectivity index is 2.06. The normalized spacial score (nSPS) is 20.4. The molecule has 3 N–H and O–H groups in total. The van der Waals surface area contributed by atoms with Crippen molar-refractivity contribution in [3.63, 3.8) is 0 Å². The van der Waals surface area contributed by atoms with Crippen LogP contribution in [0.3, 0.4) is 0 Å². The van der Waals surface area contributed by atoms with E-state index in [4.69, 9.17) is 23.2 Å². The first-order chi connectivity index (χ1) is 13.6. The second-order valence-corrected chi connectivity index (χ2v) is 6.86. The highest BCUT2D eigenvalue weighted by Gasteiger charge is 2.34. The maximum Gasteiger partial charge on any atom is 0.417 e. The second-order valence-electron chi connectivity index (χ2n) is 6.07. The lowest BCUT2D eigenvalue weighted by molar-refractivity contribution is -0.137. The summed E-state index contributed by atoms with van der Waals surface area (Å²) in [4.78, 5) is 0. The molecule has 3 rings (SSSR count). The van der Waals surface area contributed by atoms with Crippen LogP contribution in [0.1, 0.15) is 22.6 Å². The number of benzene rings is 2. The van der Waals surface area contributed by atoms with E-state index in [-0.39, 0.29) is 21.8 Å². The van der Waals surface area contributed by atoms with Crippen LogP contribution in [0.4, 0.5) is 18.9 Å². The highest BCUT2D eigenvalue weighted by Crippen LogP contribution is 2.40. The van der Waals surface area contributed by atoms with Crippen LogP contribution in [0.15, 0.2) is 41.5 Å². The largest absolute Gasteiger partial charge is 0.417 e. The number of aliphatic hydroxyl groups is 2. The van der Waals surface area contributed by atoms with Crippen LogP contribution < -0.4 is 10.3 Å². The molecule has 2 aromatic carbocycles. The number of anilines is 1. The van der Waals surface area contributed by atoms with Gasteiger partial charge in [-0.15, -0.1) is 0 Å². The molecule has 29 heavy (non-hydrogen) atoms. The van der Waals surface area contributed by atoms with Gasteiger partial charge in [-0.25, -0.2) is 10.3 Å². The van der Waals surface area contributed by atoms with E-state index in [0.717, 1.165) is 23.4 Å². The van der Waals surface area contributed by atoms with Crippen LogP contribution in [-0.2, 0) is 6.18 Å². The molecule has 1 heterocycles. The van der Waals surface area contributed by atoms with Gasteiger partial charge in [-0.1, -0.05) is 41.4 Å². The summed E-state index contributed by atoms with van der Waals surface area (Å²) >= 11 is 12.1. The summed E-state index contributed by atoms with van der Waals surface area (Å²) < 4.78 is 39.6. The van der Waals surface area contributed by atoms with E-state index in [1.165, 1.54) is 24.3 Å². The molecule has 0 amide bonds. The first-order valence-electron chi connectivity index (χ1n) is 8.13. The monoisotopic (exact) mass is 444 g/mol. The fourth-order valence-corrected chi connectivity index (χ4v) is 3.41. The molecule has 0 spiro atoms. The van der Waals surface area contributed by atoms with E-state index in [9.17, 15) is 28.6 Å². The van der Waals surface area contributed by atoms with E-state index < -0.39 is 35.3 Å². The number of halogens is 5. The van der Waals surface area contributed by atoms with Crippen molar-refractivity contribution < 1.29 is 23.4 Å². The number of nitrogens with zero attached hydrogens (tertiary/aromatic N) is 3. The predicted molar refractivity (Wildman–Crippen MR) is 101 cm³/mol. The Morgan fingerprint density at radius 3 is 2.55 bits per heavy atom. The number of hydrogen-bond acceptors (Lipinski definition) is 6. The number of alkyl halides is 3. The fraction of sp³-hybridized carbons (Fsp3) is 0.222. The van der Waals surface area contributed by atoms with Crippen molar-refractivity contribution in [1.82, 2.24) is 5.32 Å². The molecule has 3 unspecified atom stereocenters. The van der Waals surface area contributed by atoms with Gasteiger partial charge in [0.1, 0.15) is 6.23 Å². The maximum absolute atomic E-state index is 13.2. The van der Waals surface area contributed by atoms with Gasteiger partial charge in [-0.2, -0.15) is 23.5 Å². The molecule has 0 fully saturated rings. The summed E-state index contributed by atoms with van der Waals surface area (Å²) in [6, 6.07) is 9.67. The van der Waals surface area contributed by atoms with Crippen LogP contribution in [0.5, 0.6) is 0 Å². The van der Waals surface area contributed by atoms with Crippen molar-refractivity contribution in [2.24, 2.45) is 5.10 Å². The second kappa shape index (κ2) is 8.18. The molecule has 0 aromatic heterocycles. The van der Waals surface area contributed by atoms with E-state index in [2.05, 4.69) is 10.4 Å². The number of nitrogens with one attached hydrogen (secondary N) is 1. The molecular weight excluding hydrogens is 432 g/mol. The zero-order valence-corrected chi connectivity index (χ0v) is 15.9. The quantitative estimate of drug-likeness (QED) is 0.671. The van der Waals surface area contributed by atoms with E-state index >= 15 is 0 Å². The Labute approximate surface area is 173 Å². The SMILES string of the molecule is N#CC(c1ccc(Cl)c(C(F)(F)F)c1)c1cccc(N2N=CC(O)NC2O)c1Cl. The molecular formula is C18H13Cl2F3N4O2. The predicted octanol–water partition coefficient (Wildman–Crippen LogP) is 3.66. The van der Waals surface area contributed by atoms with Gasteiger partial charge in [0.15, 0.2) is 0 Å². The van der Waals surface area contributed by atoms with Crippen LogP contribution in [0.2, 0.25) is 10.0 Å². The minimum Gasteiger partial charge on any atom is -0.373 e. The summed E-state index contributed by atoms with van der Waals surface area (Å²) in [6.45, 7) is 0. The van der Waals surface area contributed by atoms with E-state index in [1.807, 2.05) is 6.07 Å². The summed E-state index contributed by atoms with van der Waals surface area (Å²) in [5.41, 5.74) is -0.592. The average molecular weight is 445 g/mol. The molecule has 0 saturated carbocycles. The van der Waals surface area contributed by atoms with E-state index in [1.54, 1.807) is 0 Å². The first kappa shape index (κ1) is 21.4. The molecule has 1 aliphatic rings. The highest BCUT2D eigenvalue weighted by atomic mass is 35.5. The van der Waals surface area contributed by atoms with Crippen LogP contribution in [0, 0.1) is 11.3 Å². The zero-order valence-electron chi connectivity index (χ0n) is 14.4. The lowest BCUT2D eigenvalue weighted by atomic mass is 9.91. The Morgan fingerprint density at radius 2 is 1.93 bits per heavy atom. The smallest absolute Gasteiger partial charge is 0.373 e. The number of rotatable bonds is 3. The fourth-order valence-electron chi connectivity index (χ4n) is 2.86. The number of nitriles is 1. The molecule has 2 aromatic rings. The molecule has 3 atom stereocenters. The Hall–Kier alpha value is -2.35. The Morgan fingerprint density at radius 1 is 1.21 bits per heavy atom. The molecule has 6 nitrogen and oxygen atoms in total. The Bertz CT molecular complexity index is 994. The first-order valence-corrected chi connectivity index (χ1v) is 8.89. The lowest BCUT2D eigenvalue weighted by Gasteiger charge is -2.31. The van der Waals surface area contributed by atoms with Crippen molar-refractivity contribution in [3.05, 3.63) is 63.1 Å². The molecule has 0 saturated heterocycles. The van der Waals surface area contributed by atoms with Gasteiger partial charge in [0, 0.05) is 0 Å². The van der Waals surface area contributed by atoms with Gasteiger partial charge >= 0.3 is 6.18 Å². The van der Waals surface area contributed by atoms with Crippen molar-refractivity contribution in [1.29, 1.82) is 5.26 Å². The summed E-state index contributed by atoms with van der Waals surface area (Å²) in [6.07, 6.45) is -6.13. The van der Waals surface area contributed by atoms with Gasteiger partial charge in [0.25, 0.3) is 0 Å². The average Bonchev–Trinajstić information content (AvgIpc) is 2.64. The molecule has 152 valence electrons. The van der Waals surface area contributed by atoms with Gasteiger partial charge in [0.2, 0.25) is 6.35 Å². The van der Waals surface area contributed by atoms with Crippen molar-refractivity contribution in [3.8, 4) is 6.07 Å². The van der Waals surface area contributed by atoms with Crippen LogP contribution in [0.25, 0.3) is 0 Å². The molecule has 0 radical (unpaired) electrons. The van der Waals surface area contributed by atoms with Gasteiger partial charge < -0.3 is 10.2 Å². The molecule has 1 aliphatic heterocycles. The molecule has 0 bridgehead atoms. The topological polar surface area (TPSA) is 91.9 Å². The van der Waals surface area contributed by atoms with Gasteiger partial charge in [0.05, 0.1) is 39.5 Å². The van der Waals surface area contributed by atoms with Crippen molar-refractivity contribution >= 4 is 35.1 Å². The van der Waals surface area contributed by atoms with Crippen molar-refractivity contribution in [2.75, 3.05) is 5.01 Å². The van der Waals surface area contributed by atoms with Crippen LogP contribution in [-0.4, -0.2) is 29.0 Å². The van der Waals surface area contributed by atoms with Gasteiger partial charge in [-0.3, -0.25) is 0 Å². The lowest BCUT2D eigenvalue weighted by Crippen LogP contribution is -2.52. The van der Waals surface area contributed by atoms with Gasteiger partial charge in [-0.05, 0) is 29.3 Å². The third-order valence-electron chi connectivity index (χ3n) is 4.21. The Kier molecular flexibility index (Phi) is 6.03. The third kappa shape index (κ3) is 4.32. The third-order valence-corrected chi connectivity index (χ3v) is 4.95. The standard InChI is InChI=1S/C18H13Cl2F3N4O2/c19-13-5-4-9(6-12(13)18(21,22)23)11(7-24)10-2-1-3-14(16(10)20)27-17(29)26-15(28)8-25-27/h1-6,8,11,15,17,26,28-29H. The zero-order chi connectivity index (χ0) is 21.3. The minimum atomic E-state index is -4.68. The summed E-state index contributed by atoms with van der Waals surface area (Å²) in [5.74, 6) is -1.13.